The first-order valence-corrected chi connectivity index (χ1v) is 11.3. The molecule has 2 heterocycles. The van der Waals surface area contributed by atoms with Crippen molar-refractivity contribution in [3.05, 3.63) is 52.5 Å². The van der Waals surface area contributed by atoms with E-state index in [1.165, 1.54) is 10.5 Å². The highest BCUT2D eigenvalue weighted by atomic mass is 79.9. The predicted octanol–water partition coefficient (Wildman–Crippen LogP) is 2.92. The standard InChI is InChI=1S/C23H26BrN3O4/c1-2-30-19-6-3-17(4-7-19)14-25-9-11-26(12-10-25)22(28)15-27-20-8-5-18(24)13-21(20)31-16-23(27)29/h3-8,13H,2,9-12,14-16H2,1H3. The maximum Gasteiger partial charge on any atom is 0.265 e. The average molecular weight is 488 g/mol. The van der Waals surface area contributed by atoms with Crippen molar-refractivity contribution < 1.29 is 19.1 Å². The van der Waals surface area contributed by atoms with Crippen molar-refractivity contribution in [2.24, 2.45) is 0 Å². The highest BCUT2D eigenvalue weighted by Crippen LogP contribution is 2.34. The number of rotatable bonds is 6. The molecule has 0 N–H and O–H groups in total. The molecule has 0 bridgehead atoms. The highest BCUT2D eigenvalue weighted by molar-refractivity contribution is 9.10. The van der Waals surface area contributed by atoms with E-state index in [-0.39, 0.29) is 25.0 Å². The maximum atomic E-state index is 12.9. The van der Waals surface area contributed by atoms with Crippen LogP contribution in [0.25, 0.3) is 0 Å². The minimum atomic E-state index is -0.197. The van der Waals surface area contributed by atoms with Gasteiger partial charge in [0.25, 0.3) is 5.91 Å². The van der Waals surface area contributed by atoms with Crippen LogP contribution in [0.2, 0.25) is 0 Å². The van der Waals surface area contributed by atoms with Gasteiger partial charge < -0.3 is 14.4 Å². The van der Waals surface area contributed by atoms with Gasteiger partial charge in [-0.1, -0.05) is 28.1 Å². The fourth-order valence-corrected chi connectivity index (χ4v) is 4.20. The van der Waals surface area contributed by atoms with Gasteiger partial charge in [0.2, 0.25) is 5.91 Å². The molecule has 0 spiro atoms. The number of hydrogen-bond acceptors (Lipinski definition) is 5. The summed E-state index contributed by atoms with van der Waals surface area (Å²) in [5, 5.41) is 0. The summed E-state index contributed by atoms with van der Waals surface area (Å²) in [5.74, 6) is 1.26. The number of fused-ring (bicyclic) bond motifs is 1. The van der Waals surface area contributed by atoms with Crippen LogP contribution in [0.1, 0.15) is 12.5 Å². The zero-order valence-corrected chi connectivity index (χ0v) is 19.1. The van der Waals surface area contributed by atoms with Crippen molar-refractivity contribution >= 4 is 33.4 Å². The third-order valence-corrected chi connectivity index (χ3v) is 6.02. The van der Waals surface area contributed by atoms with Crippen LogP contribution < -0.4 is 14.4 Å². The van der Waals surface area contributed by atoms with Gasteiger partial charge in [-0.2, -0.15) is 0 Å². The summed E-state index contributed by atoms with van der Waals surface area (Å²) >= 11 is 3.41. The lowest BCUT2D eigenvalue weighted by Crippen LogP contribution is -2.52. The topological polar surface area (TPSA) is 62.3 Å². The summed E-state index contributed by atoms with van der Waals surface area (Å²) in [6, 6.07) is 13.6. The van der Waals surface area contributed by atoms with Crippen LogP contribution in [0.4, 0.5) is 5.69 Å². The lowest BCUT2D eigenvalue weighted by molar-refractivity contribution is -0.133. The molecule has 0 unspecified atom stereocenters. The summed E-state index contributed by atoms with van der Waals surface area (Å²) in [4.78, 5) is 31.0. The first kappa shape index (κ1) is 21.6. The second-order valence-corrected chi connectivity index (χ2v) is 8.53. The molecule has 164 valence electrons. The molecule has 1 fully saturated rings. The SMILES string of the molecule is CCOc1ccc(CN2CCN(C(=O)CN3C(=O)COc4cc(Br)ccc43)CC2)cc1. The van der Waals surface area contributed by atoms with Crippen molar-refractivity contribution in [2.75, 3.05) is 50.8 Å². The number of anilines is 1. The number of nitrogens with zero attached hydrogens (tertiary/aromatic N) is 3. The van der Waals surface area contributed by atoms with E-state index in [1.807, 2.05) is 36.1 Å². The summed E-state index contributed by atoms with van der Waals surface area (Å²) in [6.07, 6.45) is 0. The zero-order chi connectivity index (χ0) is 21.8. The Labute approximate surface area is 190 Å². The van der Waals surface area contributed by atoms with Crippen LogP contribution in [-0.4, -0.2) is 67.6 Å². The quantitative estimate of drug-likeness (QED) is 0.626. The van der Waals surface area contributed by atoms with E-state index in [0.29, 0.717) is 31.1 Å². The smallest absolute Gasteiger partial charge is 0.265 e. The third kappa shape index (κ3) is 5.19. The Hall–Kier alpha value is -2.58. The molecule has 8 heteroatoms. The first-order chi connectivity index (χ1) is 15.0. The molecule has 7 nitrogen and oxygen atoms in total. The van der Waals surface area contributed by atoms with Gasteiger partial charge in [-0.25, -0.2) is 0 Å². The first-order valence-electron chi connectivity index (χ1n) is 10.5. The Kier molecular flexibility index (Phi) is 6.77. The van der Waals surface area contributed by atoms with E-state index in [9.17, 15) is 9.59 Å². The number of hydrogen-bond donors (Lipinski definition) is 0. The van der Waals surface area contributed by atoms with Gasteiger partial charge in [0.05, 0.1) is 12.3 Å². The highest BCUT2D eigenvalue weighted by Gasteiger charge is 2.30. The molecule has 0 atom stereocenters. The second kappa shape index (κ2) is 9.70. The molecule has 2 aliphatic rings. The third-order valence-electron chi connectivity index (χ3n) is 5.52. The number of carbonyl (C=O) groups is 2. The zero-order valence-electron chi connectivity index (χ0n) is 17.6. The lowest BCUT2D eigenvalue weighted by atomic mass is 10.2. The molecular formula is C23H26BrN3O4. The number of benzene rings is 2. The molecule has 2 aromatic carbocycles. The minimum absolute atomic E-state index is 0.0372. The van der Waals surface area contributed by atoms with Gasteiger partial charge in [0.15, 0.2) is 6.61 Å². The Balaban J connectivity index is 1.31. The molecule has 31 heavy (non-hydrogen) atoms. The van der Waals surface area contributed by atoms with Crippen molar-refractivity contribution in [3.63, 3.8) is 0 Å². The van der Waals surface area contributed by atoms with Crippen LogP contribution in [0.15, 0.2) is 46.9 Å². The van der Waals surface area contributed by atoms with Crippen LogP contribution in [0, 0.1) is 0 Å². The number of carbonyl (C=O) groups excluding carboxylic acids is 2. The van der Waals surface area contributed by atoms with Crippen molar-refractivity contribution in [2.45, 2.75) is 13.5 Å². The summed E-state index contributed by atoms with van der Waals surface area (Å²) in [6.45, 7) is 6.39. The minimum Gasteiger partial charge on any atom is -0.494 e. The Morgan fingerprint density at radius 2 is 1.84 bits per heavy atom. The summed E-state index contributed by atoms with van der Waals surface area (Å²) in [7, 11) is 0. The monoisotopic (exact) mass is 487 g/mol. The van der Waals surface area contributed by atoms with Gasteiger partial charge in [-0.3, -0.25) is 19.4 Å². The molecule has 2 aromatic rings. The van der Waals surface area contributed by atoms with Crippen LogP contribution in [0.5, 0.6) is 11.5 Å². The van der Waals surface area contributed by atoms with Crippen molar-refractivity contribution in [3.8, 4) is 11.5 Å². The van der Waals surface area contributed by atoms with Gasteiger partial charge >= 0.3 is 0 Å². The van der Waals surface area contributed by atoms with E-state index in [1.54, 1.807) is 6.07 Å². The van der Waals surface area contributed by atoms with E-state index < -0.39 is 0 Å². The largest absolute Gasteiger partial charge is 0.494 e. The van der Waals surface area contributed by atoms with Gasteiger partial charge in [0, 0.05) is 37.2 Å². The molecule has 2 aliphatic heterocycles. The van der Waals surface area contributed by atoms with E-state index >= 15 is 0 Å². The normalized spacial score (nSPS) is 16.6. The van der Waals surface area contributed by atoms with E-state index in [4.69, 9.17) is 9.47 Å². The molecule has 0 aliphatic carbocycles. The fraction of sp³-hybridized carbons (Fsp3) is 0.391. The molecule has 0 aromatic heterocycles. The summed E-state index contributed by atoms with van der Waals surface area (Å²) < 4.78 is 11.9. The Bertz CT molecular complexity index is 942. The molecule has 0 saturated carbocycles. The lowest BCUT2D eigenvalue weighted by Gasteiger charge is -2.36. The molecule has 0 radical (unpaired) electrons. The van der Waals surface area contributed by atoms with Crippen molar-refractivity contribution in [1.29, 1.82) is 0 Å². The average Bonchev–Trinajstić information content (AvgIpc) is 2.77. The number of amides is 2. The number of halogens is 1. The predicted molar refractivity (Wildman–Crippen MR) is 121 cm³/mol. The molecule has 4 rings (SSSR count). The van der Waals surface area contributed by atoms with Gasteiger partial charge in [-0.05, 0) is 42.8 Å². The van der Waals surface area contributed by atoms with E-state index in [2.05, 4.69) is 33.0 Å². The van der Waals surface area contributed by atoms with Crippen LogP contribution >= 0.6 is 15.9 Å². The van der Waals surface area contributed by atoms with Crippen LogP contribution in [-0.2, 0) is 16.1 Å². The van der Waals surface area contributed by atoms with Crippen molar-refractivity contribution in [1.82, 2.24) is 9.80 Å². The van der Waals surface area contributed by atoms with Gasteiger partial charge in [-0.15, -0.1) is 0 Å². The fourth-order valence-electron chi connectivity index (χ4n) is 3.86. The second-order valence-electron chi connectivity index (χ2n) is 7.61. The number of ether oxygens (including phenoxy) is 2. The molecule has 1 saturated heterocycles. The maximum absolute atomic E-state index is 12.9. The summed E-state index contributed by atoms with van der Waals surface area (Å²) in [5.41, 5.74) is 1.87. The number of piperazine rings is 1. The van der Waals surface area contributed by atoms with E-state index in [0.717, 1.165) is 29.9 Å². The van der Waals surface area contributed by atoms with Gasteiger partial charge in [0.1, 0.15) is 18.0 Å². The Morgan fingerprint density at radius 3 is 2.55 bits per heavy atom. The molecule has 2 amide bonds. The molecular weight excluding hydrogens is 462 g/mol. The Morgan fingerprint density at radius 1 is 1.10 bits per heavy atom. The van der Waals surface area contributed by atoms with Crippen LogP contribution in [0.3, 0.4) is 0 Å².